The summed E-state index contributed by atoms with van der Waals surface area (Å²) in [6.45, 7) is 15.7. The monoisotopic (exact) mass is 1020 g/mol. The van der Waals surface area contributed by atoms with E-state index in [1.54, 1.807) is 6.92 Å². The molecule has 0 unspecified atom stereocenters. The lowest BCUT2D eigenvalue weighted by Crippen LogP contribution is -2.68. The number of carbonyl (C=O) groups excluding carboxylic acids is 6. The van der Waals surface area contributed by atoms with Crippen LogP contribution >= 0.6 is 0 Å². The summed E-state index contributed by atoms with van der Waals surface area (Å²) in [6, 6.07) is 0. The van der Waals surface area contributed by atoms with Crippen LogP contribution in [0.3, 0.4) is 0 Å². The van der Waals surface area contributed by atoms with E-state index in [1.807, 2.05) is 6.92 Å². The van der Waals surface area contributed by atoms with Crippen LogP contribution in [-0.2, 0) is 95.1 Å². The van der Waals surface area contributed by atoms with Crippen molar-refractivity contribution in [3.8, 4) is 0 Å². The number of esters is 6. The van der Waals surface area contributed by atoms with Gasteiger partial charge in [0.1, 0.15) is 36.6 Å². The Bertz CT molecular complexity index is 1710. The average molecular weight is 1020 g/mol. The van der Waals surface area contributed by atoms with Crippen molar-refractivity contribution in [2.75, 3.05) is 6.61 Å². The first-order chi connectivity index (χ1) is 33.6. The van der Waals surface area contributed by atoms with Crippen LogP contribution < -0.4 is 0 Å². The van der Waals surface area contributed by atoms with E-state index < -0.39 is 159 Å². The van der Waals surface area contributed by atoms with E-state index in [1.165, 1.54) is 20.8 Å². The summed E-state index contributed by atoms with van der Waals surface area (Å²) in [6.07, 6.45) is -21.6. The third kappa shape index (κ3) is 17.2. The minimum Gasteiger partial charge on any atom is -0.457 e. The van der Waals surface area contributed by atoms with Gasteiger partial charge < -0.3 is 81.6 Å². The highest BCUT2D eigenvalue weighted by molar-refractivity contribution is 5.70. The molecule has 0 radical (unpaired) electrons. The topological polar surface area (TPSA) is 292 Å². The highest BCUT2D eigenvalue weighted by atomic mass is 16.8. The van der Waals surface area contributed by atoms with Crippen LogP contribution in [0, 0.1) is 0 Å². The molecular weight excluding hydrogens is 945 g/mol. The summed E-state index contributed by atoms with van der Waals surface area (Å²) in [5, 5.41) is 33.7. The van der Waals surface area contributed by atoms with E-state index in [9.17, 15) is 44.1 Å². The number of aliphatic hydroxyl groups is 3. The van der Waals surface area contributed by atoms with E-state index in [0.29, 0.717) is 12.8 Å². The number of unbranched alkanes of at least 4 members (excludes halogenated alkanes) is 7. The Labute approximate surface area is 415 Å². The molecule has 4 saturated heterocycles. The van der Waals surface area contributed by atoms with Crippen molar-refractivity contribution in [2.24, 2.45) is 0 Å². The molecule has 23 heteroatoms. The van der Waals surface area contributed by atoms with E-state index in [4.69, 9.17) is 66.3 Å². The molecular formula is C48H78O23. The van der Waals surface area contributed by atoms with E-state index in [-0.39, 0.29) is 13.0 Å². The maximum atomic E-state index is 13.3. The van der Waals surface area contributed by atoms with Crippen molar-refractivity contribution in [1.82, 2.24) is 0 Å². The first-order valence-electron chi connectivity index (χ1n) is 24.9. The molecule has 0 saturated carbocycles. The van der Waals surface area contributed by atoms with Gasteiger partial charge >= 0.3 is 35.8 Å². The Morgan fingerprint density at radius 1 is 0.380 bits per heavy atom. The molecule has 4 fully saturated rings. The molecule has 0 amide bonds. The third-order valence-electron chi connectivity index (χ3n) is 12.4. The Hall–Kier alpha value is -3.62. The fourth-order valence-corrected chi connectivity index (χ4v) is 8.97. The summed E-state index contributed by atoms with van der Waals surface area (Å²) in [5.41, 5.74) is 0. The van der Waals surface area contributed by atoms with Crippen LogP contribution in [0.15, 0.2) is 0 Å². The number of aliphatic hydroxyl groups excluding tert-OH is 3. The minimum absolute atomic E-state index is 0.0655. The van der Waals surface area contributed by atoms with E-state index >= 15 is 0 Å². The maximum absolute atomic E-state index is 13.3. The van der Waals surface area contributed by atoms with Crippen LogP contribution in [0.2, 0.25) is 0 Å². The molecule has 0 bridgehead atoms. The van der Waals surface area contributed by atoms with Crippen LogP contribution in [0.4, 0.5) is 0 Å². The molecule has 408 valence electrons. The Balaban J connectivity index is 1.77. The molecule has 23 nitrogen and oxygen atoms in total. The lowest BCUT2D eigenvalue weighted by molar-refractivity contribution is -0.385. The zero-order chi connectivity index (χ0) is 52.7. The van der Waals surface area contributed by atoms with Crippen molar-refractivity contribution in [1.29, 1.82) is 0 Å². The van der Waals surface area contributed by atoms with Crippen molar-refractivity contribution in [2.45, 2.75) is 263 Å². The predicted molar refractivity (Wildman–Crippen MR) is 241 cm³/mol. The van der Waals surface area contributed by atoms with E-state index in [0.717, 1.165) is 79.6 Å². The van der Waals surface area contributed by atoms with Crippen LogP contribution in [-0.4, -0.2) is 181 Å². The first kappa shape index (κ1) is 59.9. The molecule has 4 heterocycles. The van der Waals surface area contributed by atoms with Gasteiger partial charge in [0.2, 0.25) is 0 Å². The summed E-state index contributed by atoms with van der Waals surface area (Å²) >= 11 is 0. The number of ether oxygens (including phenoxy) is 14. The smallest absolute Gasteiger partial charge is 0.306 e. The summed E-state index contributed by atoms with van der Waals surface area (Å²) in [4.78, 5) is 76.9. The highest BCUT2D eigenvalue weighted by Gasteiger charge is 2.59. The first-order valence-corrected chi connectivity index (χ1v) is 24.9. The standard InChI is InChI=1S/C48H78O23/c1-12-14-16-17-18-20-22-58-45-35(57)39(36(24(4)60-45)68-32(54)21-19-15-13-2)69-47-43(66-30(10)52)42(38(25(5)61-47)64-28(8)50)71-48-44(67-31(11)53)41(37(26(6)62-48)63-27(7)49)70-46-40(65-29(9)51)34(56)33(55)23(3)59-46/h23-26,33-48,55-57H,12-22H2,1-11H3/t23-,24-,25-,26-,33-,34+,35+,36-,37-,38-,39-,40+,41+,42+,43+,44+,45+,46-,47-,48-/m0/s1. The molecule has 4 aliphatic heterocycles. The van der Waals surface area contributed by atoms with Crippen LogP contribution in [0.1, 0.15) is 140 Å². The molecule has 20 atom stereocenters. The van der Waals surface area contributed by atoms with Crippen LogP contribution in [0.5, 0.6) is 0 Å². The van der Waals surface area contributed by atoms with Gasteiger partial charge in [0, 0.05) is 47.6 Å². The number of rotatable bonds is 24. The van der Waals surface area contributed by atoms with Gasteiger partial charge in [-0.2, -0.15) is 0 Å². The molecule has 0 spiro atoms. The minimum atomic E-state index is -1.79. The quantitative estimate of drug-likeness (QED) is 0.0711. The Morgan fingerprint density at radius 3 is 1.23 bits per heavy atom. The second-order valence-electron chi connectivity index (χ2n) is 18.5. The molecule has 0 aromatic carbocycles. The summed E-state index contributed by atoms with van der Waals surface area (Å²) in [7, 11) is 0. The van der Waals surface area contributed by atoms with Crippen LogP contribution in [0.25, 0.3) is 0 Å². The van der Waals surface area contributed by atoms with E-state index in [2.05, 4.69) is 6.92 Å². The molecule has 3 N–H and O–H groups in total. The molecule has 4 rings (SSSR count). The second-order valence-corrected chi connectivity index (χ2v) is 18.5. The largest absolute Gasteiger partial charge is 0.457 e. The maximum Gasteiger partial charge on any atom is 0.306 e. The third-order valence-corrected chi connectivity index (χ3v) is 12.4. The molecule has 0 aromatic rings. The van der Waals surface area contributed by atoms with Crippen molar-refractivity contribution >= 4 is 35.8 Å². The van der Waals surface area contributed by atoms with Gasteiger partial charge in [-0.25, -0.2) is 0 Å². The number of hydrogen-bond donors (Lipinski definition) is 3. The zero-order valence-electron chi connectivity index (χ0n) is 42.8. The predicted octanol–water partition coefficient (Wildman–Crippen LogP) is 2.73. The van der Waals surface area contributed by atoms with Gasteiger partial charge in [-0.05, 0) is 40.5 Å². The summed E-state index contributed by atoms with van der Waals surface area (Å²) < 4.78 is 84.4. The molecule has 0 aliphatic carbocycles. The Morgan fingerprint density at radius 2 is 0.746 bits per heavy atom. The van der Waals surface area contributed by atoms with Crippen molar-refractivity contribution in [3.63, 3.8) is 0 Å². The normalized spacial score (nSPS) is 37.3. The van der Waals surface area contributed by atoms with Crippen molar-refractivity contribution < 1.29 is 110 Å². The van der Waals surface area contributed by atoms with Gasteiger partial charge in [-0.1, -0.05) is 58.8 Å². The fraction of sp³-hybridized carbons (Fsp3) is 0.875. The second kappa shape index (κ2) is 28.7. The zero-order valence-corrected chi connectivity index (χ0v) is 42.8. The van der Waals surface area contributed by atoms with Gasteiger partial charge in [0.05, 0.1) is 24.4 Å². The highest BCUT2D eigenvalue weighted by Crippen LogP contribution is 2.39. The Kier molecular flexibility index (Phi) is 24.3. The fourth-order valence-electron chi connectivity index (χ4n) is 8.97. The molecule has 71 heavy (non-hydrogen) atoms. The lowest BCUT2D eigenvalue weighted by atomic mass is 9.95. The van der Waals surface area contributed by atoms with Gasteiger partial charge in [-0.15, -0.1) is 0 Å². The van der Waals surface area contributed by atoms with Gasteiger partial charge in [0.25, 0.3) is 0 Å². The van der Waals surface area contributed by atoms with Gasteiger partial charge in [-0.3, -0.25) is 28.8 Å². The number of carbonyl (C=O) groups is 6. The average Bonchev–Trinajstić information content (AvgIpc) is 3.28. The van der Waals surface area contributed by atoms with Crippen molar-refractivity contribution in [3.05, 3.63) is 0 Å². The number of hydrogen-bond acceptors (Lipinski definition) is 23. The lowest BCUT2D eigenvalue weighted by Gasteiger charge is -2.50. The van der Waals surface area contributed by atoms with Gasteiger partial charge in [0.15, 0.2) is 61.8 Å². The SMILES string of the molecule is CCCCCCCCO[C@@H]1O[C@@H](C)[C@H](OC(=O)CCCCC)[C@@H](O[C@@H]2O[C@@H](C)[C@H](OC(C)=O)[C@@H](O[C@@H]3O[C@@H](C)[C@H](OC(C)=O)[C@@H](O[C@@H]4O[C@@H](C)[C@H](O)[C@@H](O)[C@H]4OC(C)=O)[C@H]3OC(C)=O)[C@H]2OC(C)=O)[C@H]1O. The molecule has 0 aromatic heterocycles. The molecule has 4 aliphatic rings. The summed E-state index contributed by atoms with van der Waals surface area (Å²) in [5.74, 6) is -4.93.